The molecule has 2 heterocycles. The summed E-state index contributed by atoms with van der Waals surface area (Å²) in [5.41, 5.74) is 2.98. The molecule has 1 saturated carbocycles. The maximum absolute atomic E-state index is 10.7. The van der Waals surface area contributed by atoms with Crippen molar-refractivity contribution in [1.82, 2.24) is 0 Å². The van der Waals surface area contributed by atoms with Crippen molar-refractivity contribution in [3.63, 3.8) is 0 Å². The fourth-order valence-corrected chi connectivity index (χ4v) is 7.44. The van der Waals surface area contributed by atoms with Gasteiger partial charge in [-0.25, -0.2) is 4.89 Å². The monoisotopic (exact) mass is 565 g/mol. The molecular weight excluding hydrogens is 533 g/mol. The van der Waals surface area contributed by atoms with Crippen LogP contribution in [0.2, 0.25) is 0 Å². The molecule has 11 nitrogen and oxygen atoms in total. The molecule has 0 amide bonds. The Hall–Kier alpha value is -1.56. The smallest absolute Gasteiger partial charge is 0.630 e. The maximum Gasteiger partial charge on any atom is 1.00 e. The summed E-state index contributed by atoms with van der Waals surface area (Å²) in [5, 5.41) is 40.6. The first-order chi connectivity index (χ1) is 18.9. The standard InChI is InChI=1S/C28H32NO10.Na/c1-34-28(27(38-39-28)17-6-4-8-20(27)19-7-3-2-5-15(19)11-17)18-10-9-16(13-29)21(12-18)36-26-24(33)22(31)23(32)25(37-26)35-14-30;/h9-10,12,17,20,22-26,31-33H,2-8,11H2,1H3;/q-1;+1/t17?,20?,22-,23-,24?,25?,26+,27?,28?;/m0./s1. The number of nitrogens with zero attached hydrogens (tertiary/aromatic N) is 1. The van der Waals surface area contributed by atoms with Gasteiger partial charge in [0.2, 0.25) is 6.29 Å². The molecule has 1 aromatic rings. The van der Waals surface area contributed by atoms with Crippen molar-refractivity contribution in [2.45, 2.75) is 93.6 Å². The second-order valence-electron chi connectivity index (χ2n) is 11.0. The molecule has 2 saturated heterocycles. The third kappa shape index (κ3) is 4.36. The zero-order valence-corrected chi connectivity index (χ0v) is 24.6. The van der Waals surface area contributed by atoms with Gasteiger partial charge in [-0.05, 0) is 57.1 Å². The van der Waals surface area contributed by atoms with E-state index < -0.39 is 42.3 Å². The second kappa shape index (κ2) is 11.6. The normalized spacial score (nSPS) is 40.2. The molecule has 6 unspecified atom stereocenters. The van der Waals surface area contributed by atoms with Crippen LogP contribution in [-0.4, -0.2) is 65.4 Å². The van der Waals surface area contributed by atoms with Gasteiger partial charge >= 0.3 is 29.6 Å². The summed E-state index contributed by atoms with van der Waals surface area (Å²) in [4.78, 5) is 22.7. The van der Waals surface area contributed by atoms with Gasteiger partial charge in [0, 0.05) is 24.5 Å². The van der Waals surface area contributed by atoms with Crippen LogP contribution in [0, 0.1) is 23.2 Å². The molecule has 2 aliphatic heterocycles. The van der Waals surface area contributed by atoms with E-state index in [1.807, 2.05) is 6.07 Å². The number of hydrogen-bond donors (Lipinski definition) is 3. The van der Waals surface area contributed by atoms with Crippen LogP contribution in [0.3, 0.4) is 0 Å². The third-order valence-electron chi connectivity index (χ3n) is 9.23. The molecule has 0 radical (unpaired) electrons. The van der Waals surface area contributed by atoms with E-state index >= 15 is 0 Å². The molecule has 6 rings (SSSR count). The number of benzene rings is 1. The summed E-state index contributed by atoms with van der Waals surface area (Å²) >= 11 is 0. The molecule has 5 aliphatic rings. The Bertz CT molecular complexity index is 1200. The molecule has 1 aromatic carbocycles. The van der Waals surface area contributed by atoms with Crippen molar-refractivity contribution in [2.75, 3.05) is 7.11 Å². The summed E-state index contributed by atoms with van der Waals surface area (Å²) in [7, 11) is 1.58. The molecule has 40 heavy (non-hydrogen) atoms. The first-order valence-electron chi connectivity index (χ1n) is 13.5. The fraction of sp³-hybridized carbons (Fsp3) is 0.643. The average molecular weight is 566 g/mol. The van der Waals surface area contributed by atoms with Gasteiger partial charge in [0.05, 0.1) is 5.56 Å². The molecule has 0 aromatic heterocycles. The van der Waals surface area contributed by atoms with Crippen LogP contribution >= 0.6 is 0 Å². The van der Waals surface area contributed by atoms with Crippen molar-refractivity contribution < 1.29 is 78.4 Å². The Morgan fingerprint density at radius 3 is 2.52 bits per heavy atom. The Morgan fingerprint density at radius 2 is 1.82 bits per heavy atom. The van der Waals surface area contributed by atoms with Crippen LogP contribution in [-0.2, 0) is 34.6 Å². The van der Waals surface area contributed by atoms with Crippen LogP contribution in [0.5, 0.6) is 5.75 Å². The first kappa shape index (κ1) is 29.9. The van der Waals surface area contributed by atoms with Crippen LogP contribution in [0.15, 0.2) is 29.3 Å². The molecule has 3 fully saturated rings. The van der Waals surface area contributed by atoms with Gasteiger partial charge < -0.3 is 39.1 Å². The minimum Gasteiger partial charge on any atom is -0.630 e. The zero-order chi connectivity index (χ0) is 27.4. The van der Waals surface area contributed by atoms with Crippen molar-refractivity contribution in [2.24, 2.45) is 11.8 Å². The molecule has 2 bridgehead atoms. The topological polar surface area (TPSA) is 157 Å². The second-order valence-corrected chi connectivity index (χ2v) is 11.0. The minimum atomic E-state index is -1.74. The van der Waals surface area contributed by atoms with Crippen LogP contribution < -0.4 is 34.3 Å². The van der Waals surface area contributed by atoms with Gasteiger partial charge in [0.1, 0.15) is 30.1 Å². The third-order valence-corrected chi connectivity index (χ3v) is 9.23. The van der Waals surface area contributed by atoms with Crippen LogP contribution in [0.1, 0.15) is 62.5 Å². The molecule has 12 heteroatoms. The number of ether oxygens (including phenoxy) is 4. The number of nitriles is 1. The van der Waals surface area contributed by atoms with E-state index in [0.717, 1.165) is 51.4 Å². The Balaban J connectivity index is 0.00000323. The Morgan fingerprint density at radius 1 is 1.05 bits per heavy atom. The van der Waals surface area contributed by atoms with Gasteiger partial charge in [0.25, 0.3) is 5.79 Å². The van der Waals surface area contributed by atoms with E-state index in [1.165, 1.54) is 12.0 Å². The summed E-state index contributed by atoms with van der Waals surface area (Å²) in [6.07, 6.45) is 0.183. The minimum absolute atomic E-state index is 0. The van der Waals surface area contributed by atoms with E-state index in [4.69, 9.17) is 24.0 Å². The maximum atomic E-state index is 10.7. The molecule has 9 atom stereocenters. The predicted molar refractivity (Wildman–Crippen MR) is 130 cm³/mol. The number of aliphatic hydroxyl groups excluding tert-OH is 3. The van der Waals surface area contributed by atoms with E-state index in [2.05, 4.69) is 4.74 Å². The Labute approximate surface area is 254 Å². The number of allylic oxidation sites excluding steroid dienone is 1. The van der Waals surface area contributed by atoms with Gasteiger partial charge in [-0.3, -0.25) is 0 Å². The number of aliphatic hydroxyl groups is 3. The zero-order valence-electron chi connectivity index (χ0n) is 22.6. The number of rotatable bonds is 6. The molecule has 1 spiro atoms. The van der Waals surface area contributed by atoms with E-state index in [1.54, 1.807) is 30.9 Å². The van der Waals surface area contributed by atoms with Gasteiger partial charge in [-0.15, -0.1) is 0 Å². The van der Waals surface area contributed by atoms with Gasteiger partial charge in [-0.2, -0.15) is 10.1 Å². The quantitative estimate of drug-likeness (QED) is 0.168. The van der Waals surface area contributed by atoms with Crippen molar-refractivity contribution >= 4 is 6.47 Å². The van der Waals surface area contributed by atoms with Crippen molar-refractivity contribution in [3.05, 3.63) is 40.5 Å². The van der Waals surface area contributed by atoms with E-state index in [0.29, 0.717) is 5.56 Å². The Kier molecular flexibility index (Phi) is 8.68. The number of hydrogen-bond acceptors (Lipinski definition) is 11. The number of fused-ring (bicyclic) bond motifs is 1. The fourth-order valence-electron chi connectivity index (χ4n) is 7.44. The molecule has 3 N–H and O–H groups in total. The van der Waals surface area contributed by atoms with Crippen LogP contribution in [0.25, 0.3) is 0 Å². The van der Waals surface area contributed by atoms with Crippen molar-refractivity contribution in [1.29, 1.82) is 5.26 Å². The molecule has 210 valence electrons. The summed E-state index contributed by atoms with van der Waals surface area (Å²) < 4.78 is 22.0. The van der Waals surface area contributed by atoms with Crippen LogP contribution in [0.4, 0.5) is 0 Å². The van der Waals surface area contributed by atoms with E-state index in [9.17, 15) is 25.4 Å². The summed E-state index contributed by atoms with van der Waals surface area (Å²) in [6, 6.07) is 6.93. The number of carbonyl (C=O) groups excluding carboxylic acids is 1. The van der Waals surface area contributed by atoms with Crippen molar-refractivity contribution in [3.8, 4) is 11.8 Å². The van der Waals surface area contributed by atoms with Gasteiger partial charge in [-0.1, -0.05) is 30.1 Å². The van der Waals surface area contributed by atoms with Gasteiger partial charge in [0.15, 0.2) is 11.9 Å². The predicted octanol–water partition coefficient (Wildman–Crippen LogP) is -1.02. The number of methoxy groups -OCH3 is 1. The SMILES string of the molecule is COC1(c2ccc(C#N)c(O[C@@H]3OC(O[C-]=O)[C@@H](O)[C@H](O)C3O)c2)OOC12C1CCCC2C2=C(CCCC2)C1.[Na+]. The summed E-state index contributed by atoms with van der Waals surface area (Å²) in [5.74, 6) is -0.895. The summed E-state index contributed by atoms with van der Waals surface area (Å²) in [6.45, 7) is 1.15. The first-order valence-corrected chi connectivity index (χ1v) is 13.5. The average Bonchev–Trinajstić information content (AvgIpc) is 2.94. The largest absolute Gasteiger partial charge is 1.00 e. The molecular formula is C28H32NNaO10. The molecule has 3 aliphatic carbocycles. The van der Waals surface area contributed by atoms with E-state index in [-0.39, 0.29) is 52.7 Å².